The molecule has 1 N–H and O–H groups in total. The topological polar surface area (TPSA) is 29.9 Å². The second kappa shape index (κ2) is 4.68. The average Bonchev–Trinajstić information content (AvgIpc) is 2.52. The van der Waals surface area contributed by atoms with Crippen LogP contribution in [0.25, 0.3) is 0 Å². The largest absolute Gasteiger partial charge is 0.309 e. The first-order valence-electron chi connectivity index (χ1n) is 4.39. The Balaban J connectivity index is 2.40. The lowest BCUT2D eigenvalue weighted by Gasteiger charge is -2.09. The molecule has 0 amide bonds. The zero-order valence-corrected chi connectivity index (χ0v) is 8.12. The van der Waals surface area contributed by atoms with Gasteiger partial charge in [-0.2, -0.15) is 5.10 Å². The number of nitrogens with zero attached hydrogens (tertiary/aromatic N) is 2. The van der Waals surface area contributed by atoms with Gasteiger partial charge in [0.15, 0.2) is 0 Å². The first-order valence-corrected chi connectivity index (χ1v) is 4.39. The van der Waals surface area contributed by atoms with Crippen molar-refractivity contribution in [2.45, 2.75) is 19.4 Å². The zero-order valence-electron chi connectivity index (χ0n) is 8.12. The summed E-state index contributed by atoms with van der Waals surface area (Å²) in [7, 11) is 1.91. The van der Waals surface area contributed by atoms with E-state index < -0.39 is 0 Å². The summed E-state index contributed by atoms with van der Waals surface area (Å²) in [5, 5.41) is 7.42. The number of hydrogen-bond acceptors (Lipinski definition) is 2. The summed E-state index contributed by atoms with van der Waals surface area (Å²) in [4.78, 5) is 0. The predicted octanol–water partition coefficient (Wildman–Crippen LogP) is 1.09. The summed E-state index contributed by atoms with van der Waals surface area (Å²) in [6, 6.07) is 0.321. The lowest BCUT2D eigenvalue weighted by Crippen LogP contribution is -2.19. The van der Waals surface area contributed by atoms with Crippen molar-refractivity contribution in [3.63, 3.8) is 0 Å². The second-order valence-corrected chi connectivity index (χ2v) is 3.08. The van der Waals surface area contributed by atoms with Gasteiger partial charge in [0.05, 0.1) is 6.20 Å². The third kappa shape index (κ3) is 2.92. The minimum Gasteiger partial charge on any atom is -0.309 e. The highest BCUT2D eigenvalue weighted by molar-refractivity contribution is 5.08. The van der Waals surface area contributed by atoms with E-state index in [1.165, 1.54) is 5.56 Å². The third-order valence-corrected chi connectivity index (χ3v) is 1.94. The monoisotopic (exact) mass is 177 g/mol. The normalized spacial score (nSPS) is 12.4. The van der Waals surface area contributed by atoms with Crippen molar-refractivity contribution >= 4 is 0 Å². The summed E-state index contributed by atoms with van der Waals surface area (Å²) in [6.45, 7) is 2.96. The maximum absolute atomic E-state index is 5.15. The summed E-state index contributed by atoms with van der Waals surface area (Å²) in [6.07, 6.45) is 9.80. The minimum atomic E-state index is 0.321. The van der Waals surface area contributed by atoms with Gasteiger partial charge in [-0.1, -0.05) is 0 Å². The number of aromatic nitrogens is 2. The fraction of sp³-hybridized carbons (Fsp3) is 0.500. The van der Waals surface area contributed by atoms with E-state index in [1.54, 1.807) is 4.68 Å². The molecule has 13 heavy (non-hydrogen) atoms. The van der Waals surface area contributed by atoms with Crippen molar-refractivity contribution in [3.8, 4) is 12.3 Å². The van der Waals surface area contributed by atoms with Crippen LogP contribution >= 0.6 is 0 Å². The van der Waals surface area contributed by atoms with Gasteiger partial charge in [0.25, 0.3) is 0 Å². The van der Waals surface area contributed by atoms with E-state index in [1.807, 2.05) is 19.4 Å². The van der Waals surface area contributed by atoms with Crippen LogP contribution in [0, 0.1) is 12.3 Å². The highest BCUT2D eigenvalue weighted by atomic mass is 15.2. The lowest BCUT2D eigenvalue weighted by atomic mass is 10.2. The van der Waals surface area contributed by atoms with Crippen molar-refractivity contribution in [3.05, 3.63) is 18.0 Å². The number of aryl methyl sites for hydroxylation is 1. The van der Waals surface area contributed by atoms with Crippen molar-refractivity contribution in [1.82, 2.24) is 15.1 Å². The molecule has 0 fully saturated rings. The molecule has 0 saturated carbocycles. The molecule has 1 aromatic rings. The maximum Gasteiger partial charge on any atom is 0.0537 e. The quantitative estimate of drug-likeness (QED) is 0.551. The number of nitrogens with one attached hydrogen (secondary N) is 1. The smallest absolute Gasteiger partial charge is 0.0537 e. The molecule has 0 aliphatic carbocycles. The molecule has 0 bridgehead atoms. The van der Waals surface area contributed by atoms with Crippen molar-refractivity contribution in [2.24, 2.45) is 7.05 Å². The van der Waals surface area contributed by atoms with E-state index in [0.717, 1.165) is 13.0 Å². The van der Waals surface area contributed by atoms with Crippen LogP contribution in [-0.4, -0.2) is 16.3 Å². The lowest BCUT2D eigenvalue weighted by molar-refractivity contribution is 0.583. The average molecular weight is 177 g/mol. The Morgan fingerprint density at radius 2 is 2.54 bits per heavy atom. The standard InChI is InChI=1S/C10H15N3/c1-4-5-6-11-9(2)10-7-12-13(3)8-10/h1,7-9,11H,5-6H2,2-3H3. The summed E-state index contributed by atoms with van der Waals surface area (Å²) < 4.78 is 1.80. The molecule has 0 aliphatic heterocycles. The highest BCUT2D eigenvalue weighted by Gasteiger charge is 2.04. The molecule has 1 rings (SSSR count). The van der Waals surface area contributed by atoms with Gasteiger partial charge in [0.1, 0.15) is 0 Å². The minimum absolute atomic E-state index is 0.321. The number of terminal acetylenes is 1. The Morgan fingerprint density at radius 1 is 1.77 bits per heavy atom. The Kier molecular flexibility index (Phi) is 3.53. The fourth-order valence-corrected chi connectivity index (χ4v) is 1.14. The zero-order chi connectivity index (χ0) is 9.68. The second-order valence-electron chi connectivity index (χ2n) is 3.08. The molecule has 0 aliphatic rings. The molecular formula is C10H15N3. The van der Waals surface area contributed by atoms with Gasteiger partial charge in [-0.05, 0) is 6.92 Å². The maximum atomic E-state index is 5.15. The molecule has 0 radical (unpaired) electrons. The van der Waals surface area contributed by atoms with Gasteiger partial charge in [0.2, 0.25) is 0 Å². The fourth-order valence-electron chi connectivity index (χ4n) is 1.14. The molecular weight excluding hydrogens is 162 g/mol. The van der Waals surface area contributed by atoms with Crippen LogP contribution in [0.15, 0.2) is 12.4 Å². The van der Waals surface area contributed by atoms with Crippen LogP contribution in [0.3, 0.4) is 0 Å². The van der Waals surface area contributed by atoms with E-state index >= 15 is 0 Å². The van der Waals surface area contributed by atoms with Crippen LogP contribution in [0.4, 0.5) is 0 Å². The molecule has 1 heterocycles. The van der Waals surface area contributed by atoms with E-state index in [-0.39, 0.29) is 0 Å². The van der Waals surface area contributed by atoms with Gasteiger partial charge in [-0.25, -0.2) is 0 Å². The summed E-state index contributed by atoms with van der Waals surface area (Å²) >= 11 is 0. The molecule has 3 nitrogen and oxygen atoms in total. The Hall–Kier alpha value is -1.27. The molecule has 1 atom stereocenters. The Labute approximate surface area is 79.1 Å². The van der Waals surface area contributed by atoms with Gasteiger partial charge >= 0.3 is 0 Å². The summed E-state index contributed by atoms with van der Waals surface area (Å²) in [5.74, 6) is 2.60. The van der Waals surface area contributed by atoms with Crippen LogP contribution in [-0.2, 0) is 7.05 Å². The molecule has 1 unspecified atom stereocenters. The first-order chi connectivity index (χ1) is 6.24. The van der Waals surface area contributed by atoms with Gasteiger partial charge in [0, 0.05) is 37.8 Å². The van der Waals surface area contributed by atoms with Crippen molar-refractivity contribution in [1.29, 1.82) is 0 Å². The van der Waals surface area contributed by atoms with E-state index in [4.69, 9.17) is 6.42 Å². The van der Waals surface area contributed by atoms with E-state index in [0.29, 0.717) is 6.04 Å². The van der Waals surface area contributed by atoms with Crippen LogP contribution in [0.1, 0.15) is 24.9 Å². The summed E-state index contributed by atoms with van der Waals surface area (Å²) in [5.41, 5.74) is 1.19. The first kappa shape index (κ1) is 9.82. The Bertz CT molecular complexity index is 295. The SMILES string of the molecule is C#CCCNC(C)c1cnn(C)c1. The van der Waals surface area contributed by atoms with Gasteiger partial charge in [-0.15, -0.1) is 12.3 Å². The molecule has 3 heteroatoms. The van der Waals surface area contributed by atoms with Crippen LogP contribution in [0.2, 0.25) is 0 Å². The molecule has 1 aromatic heterocycles. The predicted molar refractivity (Wildman–Crippen MR) is 53.1 cm³/mol. The molecule has 70 valence electrons. The number of hydrogen-bond donors (Lipinski definition) is 1. The van der Waals surface area contributed by atoms with E-state index in [9.17, 15) is 0 Å². The van der Waals surface area contributed by atoms with E-state index in [2.05, 4.69) is 23.3 Å². The molecule has 0 saturated heterocycles. The highest BCUT2D eigenvalue weighted by Crippen LogP contribution is 2.09. The number of rotatable bonds is 4. The van der Waals surface area contributed by atoms with Crippen LogP contribution in [0.5, 0.6) is 0 Å². The Morgan fingerprint density at radius 3 is 3.08 bits per heavy atom. The van der Waals surface area contributed by atoms with Gasteiger partial charge < -0.3 is 5.32 Å². The molecule has 0 spiro atoms. The van der Waals surface area contributed by atoms with Crippen molar-refractivity contribution in [2.75, 3.05) is 6.54 Å². The third-order valence-electron chi connectivity index (χ3n) is 1.94. The van der Waals surface area contributed by atoms with Gasteiger partial charge in [-0.3, -0.25) is 4.68 Å². The van der Waals surface area contributed by atoms with Crippen LogP contribution < -0.4 is 5.32 Å². The molecule has 0 aromatic carbocycles. The van der Waals surface area contributed by atoms with Crippen molar-refractivity contribution < 1.29 is 0 Å².